The van der Waals surface area contributed by atoms with Gasteiger partial charge in [-0.3, -0.25) is 0 Å². The number of aryl methyl sites for hydroxylation is 1. The molecule has 0 saturated carbocycles. The lowest BCUT2D eigenvalue weighted by molar-refractivity contribution is 0.948. The van der Waals surface area contributed by atoms with Crippen molar-refractivity contribution in [3.05, 3.63) is 54.6 Å². The van der Waals surface area contributed by atoms with Crippen LogP contribution in [-0.4, -0.2) is 19.5 Å². The van der Waals surface area contributed by atoms with Gasteiger partial charge in [-0.25, -0.2) is 15.0 Å². The second-order valence-electron chi connectivity index (χ2n) is 5.29. The lowest BCUT2D eigenvalue weighted by atomic mass is 10.2. The number of rotatable bonds is 2. The third-order valence-corrected chi connectivity index (χ3v) is 3.77. The lowest BCUT2D eigenvalue weighted by Crippen LogP contribution is -1.96. The summed E-state index contributed by atoms with van der Waals surface area (Å²) in [6, 6.07) is 11.7. The van der Waals surface area contributed by atoms with Crippen molar-refractivity contribution in [1.29, 1.82) is 0 Å². The van der Waals surface area contributed by atoms with Crippen molar-refractivity contribution in [2.45, 2.75) is 0 Å². The zero-order valence-electron chi connectivity index (χ0n) is 12.9. The van der Waals surface area contributed by atoms with E-state index >= 15 is 0 Å². The average Bonchev–Trinajstić information content (AvgIpc) is 2.94. The minimum absolute atomic E-state index is 0. The molecular formula is C18H14ClN5. The highest BCUT2D eigenvalue weighted by Crippen LogP contribution is 2.27. The van der Waals surface area contributed by atoms with E-state index in [1.807, 2.05) is 48.0 Å². The molecule has 0 aliphatic rings. The summed E-state index contributed by atoms with van der Waals surface area (Å²) in [6.07, 6.45) is 8.80. The van der Waals surface area contributed by atoms with Gasteiger partial charge in [0.25, 0.3) is 0 Å². The number of anilines is 2. The SMILES string of the molecule is C#Cc1cccc(Nc2ncnc3cc4c(cc23)ncn4C)c1.Cl. The molecule has 118 valence electrons. The summed E-state index contributed by atoms with van der Waals surface area (Å²) in [7, 11) is 1.97. The van der Waals surface area contributed by atoms with Crippen LogP contribution in [0, 0.1) is 12.3 Å². The summed E-state index contributed by atoms with van der Waals surface area (Å²) in [5.41, 5.74) is 4.53. The predicted molar refractivity (Wildman–Crippen MR) is 98.7 cm³/mol. The molecule has 4 rings (SSSR count). The van der Waals surface area contributed by atoms with Crippen LogP contribution in [0.2, 0.25) is 0 Å². The number of hydrogen-bond donors (Lipinski definition) is 1. The monoisotopic (exact) mass is 335 g/mol. The predicted octanol–water partition coefficient (Wildman–Crippen LogP) is 3.66. The van der Waals surface area contributed by atoms with Gasteiger partial charge >= 0.3 is 0 Å². The van der Waals surface area contributed by atoms with E-state index in [1.54, 1.807) is 12.7 Å². The van der Waals surface area contributed by atoms with Crippen molar-refractivity contribution in [1.82, 2.24) is 19.5 Å². The van der Waals surface area contributed by atoms with Gasteiger partial charge in [0, 0.05) is 23.7 Å². The molecule has 0 atom stereocenters. The first-order valence-electron chi connectivity index (χ1n) is 7.14. The standard InChI is InChI=1S/C18H13N5.ClH/c1-3-12-5-4-6-13(7-12)22-18-14-8-16-17(23(2)11-21-16)9-15(14)19-10-20-18;/h1,4-11H,2H3,(H,19,20,22);1H. The quantitative estimate of drug-likeness (QED) is 0.568. The molecule has 0 bridgehead atoms. The van der Waals surface area contributed by atoms with Crippen molar-refractivity contribution < 1.29 is 0 Å². The molecular weight excluding hydrogens is 322 g/mol. The number of imidazole rings is 1. The molecule has 0 amide bonds. The topological polar surface area (TPSA) is 55.6 Å². The highest BCUT2D eigenvalue weighted by molar-refractivity contribution is 5.99. The molecule has 0 radical (unpaired) electrons. The number of aromatic nitrogens is 4. The number of nitrogens with one attached hydrogen (secondary N) is 1. The Bertz CT molecular complexity index is 1080. The first-order valence-corrected chi connectivity index (χ1v) is 7.14. The van der Waals surface area contributed by atoms with Gasteiger partial charge in [0.2, 0.25) is 0 Å². The molecule has 0 aliphatic heterocycles. The largest absolute Gasteiger partial charge is 0.340 e. The van der Waals surface area contributed by atoms with E-state index in [4.69, 9.17) is 6.42 Å². The Morgan fingerprint density at radius 1 is 1.08 bits per heavy atom. The van der Waals surface area contributed by atoms with Crippen molar-refractivity contribution in [3.63, 3.8) is 0 Å². The van der Waals surface area contributed by atoms with Crippen LogP contribution in [0.1, 0.15) is 5.56 Å². The molecule has 2 aromatic heterocycles. The third kappa shape index (κ3) is 2.64. The smallest absolute Gasteiger partial charge is 0.141 e. The third-order valence-electron chi connectivity index (χ3n) is 3.77. The summed E-state index contributed by atoms with van der Waals surface area (Å²) in [6.45, 7) is 0. The van der Waals surface area contributed by atoms with Crippen LogP contribution in [0.4, 0.5) is 11.5 Å². The van der Waals surface area contributed by atoms with Gasteiger partial charge in [0.05, 0.1) is 22.9 Å². The number of fused-ring (bicyclic) bond motifs is 2. The zero-order chi connectivity index (χ0) is 15.8. The molecule has 0 unspecified atom stereocenters. The molecule has 4 aromatic rings. The fourth-order valence-corrected chi connectivity index (χ4v) is 2.60. The number of hydrogen-bond acceptors (Lipinski definition) is 4. The summed E-state index contributed by atoms with van der Waals surface area (Å²) < 4.78 is 1.97. The van der Waals surface area contributed by atoms with Crippen LogP contribution >= 0.6 is 12.4 Å². The Balaban J connectivity index is 0.00000169. The summed E-state index contributed by atoms with van der Waals surface area (Å²) in [5.74, 6) is 3.36. The molecule has 0 saturated heterocycles. The number of halogens is 1. The summed E-state index contributed by atoms with van der Waals surface area (Å²) in [5, 5.41) is 4.23. The Morgan fingerprint density at radius 3 is 2.79 bits per heavy atom. The number of nitrogens with zero attached hydrogens (tertiary/aromatic N) is 4. The Kier molecular flexibility index (Phi) is 4.07. The second kappa shape index (κ2) is 6.19. The minimum atomic E-state index is 0. The zero-order valence-corrected chi connectivity index (χ0v) is 13.7. The molecule has 2 heterocycles. The van der Waals surface area contributed by atoms with Crippen molar-refractivity contribution in [2.75, 3.05) is 5.32 Å². The highest BCUT2D eigenvalue weighted by atomic mass is 35.5. The maximum absolute atomic E-state index is 5.45. The normalized spacial score (nSPS) is 10.3. The fourth-order valence-electron chi connectivity index (χ4n) is 2.60. The summed E-state index contributed by atoms with van der Waals surface area (Å²) in [4.78, 5) is 13.1. The number of benzene rings is 2. The van der Waals surface area contributed by atoms with Gasteiger partial charge in [-0.1, -0.05) is 12.0 Å². The van der Waals surface area contributed by atoms with Gasteiger partial charge in [-0.15, -0.1) is 18.8 Å². The Labute approximate surface area is 145 Å². The highest BCUT2D eigenvalue weighted by Gasteiger charge is 2.08. The van der Waals surface area contributed by atoms with E-state index in [2.05, 4.69) is 26.2 Å². The van der Waals surface area contributed by atoms with Crippen LogP contribution in [0.15, 0.2) is 49.1 Å². The van der Waals surface area contributed by atoms with Crippen LogP contribution in [0.25, 0.3) is 21.9 Å². The van der Waals surface area contributed by atoms with Crippen LogP contribution < -0.4 is 5.32 Å². The second-order valence-corrected chi connectivity index (χ2v) is 5.29. The van der Waals surface area contributed by atoms with E-state index in [1.165, 1.54) is 0 Å². The van der Waals surface area contributed by atoms with Gasteiger partial charge in [0.1, 0.15) is 12.1 Å². The van der Waals surface area contributed by atoms with Crippen molar-refractivity contribution >= 4 is 45.8 Å². The Morgan fingerprint density at radius 2 is 1.96 bits per heavy atom. The first-order chi connectivity index (χ1) is 11.2. The van der Waals surface area contributed by atoms with Crippen LogP contribution in [0.3, 0.4) is 0 Å². The molecule has 0 aliphatic carbocycles. The molecule has 24 heavy (non-hydrogen) atoms. The maximum atomic E-state index is 5.45. The van der Waals surface area contributed by atoms with E-state index in [-0.39, 0.29) is 12.4 Å². The molecule has 1 N–H and O–H groups in total. The van der Waals surface area contributed by atoms with E-state index in [0.717, 1.165) is 39.0 Å². The Hall–Kier alpha value is -3.10. The molecule has 0 fully saturated rings. The van der Waals surface area contributed by atoms with Crippen molar-refractivity contribution in [3.8, 4) is 12.3 Å². The molecule has 0 spiro atoms. The summed E-state index contributed by atoms with van der Waals surface area (Å²) >= 11 is 0. The van der Waals surface area contributed by atoms with E-state index in [0.29, 0.717) is 0 Å². The van der Waals surface area contributed by atoms with Crippen molar-refractivity contribution in [2.24, 2.45) is 7.05 Å². The number of terminal acetylenes is 1. The van der Waals surface area contributed by atoms with Gasteiger partial charge in [-0.05, 0) is 30.3 Å². The van der Waals surface area contributed by atoms with Gasteiger partial charge < -0.3 is 9.88 Å². The molecule has 6 heteroatoms. The van der Waals surface area contributed by atoms with E-state index < -0.39 is 0 Å². The van der Waals surface area contributed by atoms with Gasteiger partial charge in [0.15, 0.2) is 0 Å². The van der Waals surface area contributed by atoms with Crippen LogP contribution in [-0.2, 0) is 7.05 Å². The average molecular weight is 336 g/mol. The van der Waals surface area contributed by atoms with Crippen LogP contribution in [0.5, 0.6) is 0 Å². The van der Waals surface area contributed by atoms with Gasteiger partial charge in [-0.2, -0.15) is 0 Å². The van der Waals surface area contributed by atoms with E-state index in [9.17, 15) is 0 Å². The first kappa shape index (κ1) is 15.8. The maximum Gasteiger partial charge on any atom is 0.141 e. The lowest BCUT2D eigenvalue weighted by Gasteiger charge is -2.09. The molecule has 5 nitrogen and oxygen atoms in total. The molecule has 2 aromatic carbocycles. The fraction of sp³-hybridized carbons (Fsp3) is 0.0556. The minimum Gasteiger partial charge on any atom is -0.340 e.